The molecule has 1 aromatic heterocycles. The lowest BCUT2D eigenvalue weighted by Gasteiger charge is -2.08. The molecule has 0 amide bonds. The summed E-state index contributed by atoms with van der Waals surface area (Å²) in [6.07, 6.45) is 7.74. The first-order valence-corrected chi connectivity index (χ1v) is 6.47. The van der Waals surface area contributed by atoms with E-state index in [4.69, 9.17) is 0 Å². The van der Waals surface area contributed by atoms with E-state index in [0.29, 0.717) is 0 Å². The van der Waals surface area contributed by atoms with Crippen LogP contribution in [-0.2, 0) is 6.42 Å². The Morgan fingerprint density at radius 2 is 1.83 bits per heavy atom. The Morgan fingerprint density at radius 1 is 1.06 bits per heavy atom. The molecule has 3 nitrogen and oxygen atoms in total. The summed E-state index contributed by atoms with van der Waals surface area (Å²) in [5, 5.41) is 3.41. The first kappa shape index (κ1) is 11.4. The molecule has 0 aliphatic carbocycles. The number of hydrogen-bond donors (Lipinski definition) is 1. The van der Waals surface area contributed by atoms with Crippen molar-refractivity contribution in [3.05, 3.63) is 48.5 Å². The second-order valence-electron chi connectivity index (χ2n) is 4.89. The van der Waals surface area contributed by atoms with E-state index in [1.807, 2.05) is 12.4 Å². The molecule has 2 heterocycles. The van der Waals surface area contributed by atoms with Crippen LogP contribution in [0.4, 0.5) is 0 Å². The number of nitrogens with zero attached hydrogens (tertiary/aromatic N) is 2. The summed E-state index contributed by atoms with van der Waals surface area (Å²) in [6, 6.07) is 8.77. The molecule has 1 aliphatic heterocycles. The average molecular weight is 239 g/mol. The Kier molecular flexibility index (Phi) is 3.33. The quantitative estimate of drug-likeness (QED) is 0.893. The molecule has 2 aromatic rings. The fourth-order valence-corrected chi connectivity index (χ4v) is 2.50. The number of aromatic nitrogens is 2. The third-order valence-corrected chi connectivity index (χ3v) is 3.53. The van der Waals surface area contributed by atoms with Gasteiger partial charge in [0.2, 0.25) is 0 Å². The molecular weight excluding hydrogens is 222 g/mol. The van der Waals surface area contributed by atoms with Gasteiger partial charge in [-0.1, -0.05) is 24.3 Å². The zero-order valence-corrected chi connectivity index (χ0v) is 10.3. The minimum Gasteiger partial charge on any atom is -0.316 e. The van der Waals surface area contributed by atoms with E-state index >= 15 is 0 Å². The van der Waals surface area contributed by atoms with Gasteiger partial charge in [0.15, 0.2) is 0 Å². The van der Waals surface area contributed by atoms with Crippen molar-refractivity contribution in [2.75, 3.05) is 13.1 Å². The van der Waals surface area contributed by atoms with E-state index in [0.717, 1.165) is 18.0 Å². The van der Waals surface area contributed by atoms with Crippen LogP contribution in [0.1, 0.15) is 12.0 Å². The van der Waals surface area contributed by atoms with E-state index in [2.05, 4.69) is 39.6 Å². The molecule has 0 unspecified atom stereocenters. The normalized spacial score (nSPS) is 19.0. The van der Waals surface area contributed by atoms with Crippen molar-refractivity contribution in [2.24, 2.45) is 5.92 Å². The Labute approximate surface area is 107 Å². The molecule has 0 radical (unpaired) electrons. The van der Waals surface area contributed by atoms with Crippen LogP contribution in [0.3, 0.4) is 0 Å². The third-order valence-electron chi connectivity index (χ3n) is 3.53. The summed E-state index contributed by atoms with van der Waals surface area (Å²) in [6.45, 7) is 2.33. The predicted octanol–water partition coefficient (Wildman–Crippen LogP) is 2.30. The van der Waals surface area contributed by atoms with Gasteiger partial charge < -0.3 is 5.32 Å². The number of hydrogen-bond acceptors (Lipinski definition) is 3. The van der Waals surface area contributed by atoms with Gasteiger partial charge in [-0.15, -0.1) is 0 Å². The van der Waals surface area contributed by atoms with Crippen molar-refractivity contribution in [3.63, 3.8) is 0 Å². The third kappa shape index (κ3) is 2.57. The highest BCUT2D eigenvalue weighted by molar-refractivity contribution is 5.61. The molecule has 92 valence electrons. The molecule has 1 aromatic carbocycles. The lowest BCUT2D eigenvalue weighted by atomic mass is 9.97. The maximum absolute atomic E-state index is 4.05. The lowest BCUT2D eigenvalue weighted by Crippen LogP contribution is -2.10. The van der Waals surface area contributed by atoms with E-state index < -0.39 is 0 Å². The standard InChI is InChI=1S/C15H17N3/c1-3-14(15-9-17-11-18-10-15)4-2-12(1)7-13-5-6-16-8-13/h1-4,9-11,13,16H,5-8H2/t13-/m0/s1. The second-order valence-corrected chi connectivity index (χ2v) is 4.89. The van der Waals surface area contributed by atoms with Crippen molar-refractivity contribution in [3.8, 4) is 11.1 Å². The number of nitrogens with one attached hydrogen (secondary N) is 1. The van der Waals surface area contributed by atoms with Crippen molar-refractivity contribution in [1.82, 2.24) is 15.3 Å². The van der Waals surface area contributed by atoms with Crippen LogP contribution in [-0.4, -0.2) is 23.1 Å². The first-order chi connectivity index (χ1) is 8.92. The number of rotatable bonds is 3. The van der Waals surface area contributed by atoms with Crippen LogP contribution in [0.2, 0.25) is 0 Å². The number of benzene rings is 1. The molecule has 3 rings (SSSR count). The van der Waals surface area contributed by atoms with Crippen LogP contribution in [0.5, 0.6) is 0 Å². The van der Waals surface area contributed by atoms with Crippen molar-refractivity contribution in [2.45, 2.75) is 12.8 Å². The van der Waals surface area contributed by atoms with Crippen LogP contribution >= 0.6 is 0 Å². The molecule has 0 spiro atoms. The van der Waals surface area contributed by atoms with E-state index in [1.54, 1.807) is 6.33 Å². The van der Waals surface area contributed by atoms with Gasteiger partial charge in [-0.2, -0.15) is 0 Å². The van der Waals surface area contributed by atoms with Crippen LogP contribution in [0.15, 0.2) is 43.0 Å². The summed E-state index contributed by atoms with van der Waals surface area (Å²) >= 11 is 0. The fourth-order valence-electron chi connectivity index (χ4n) is 2.50. The van der Waals surface area contributed by atoms with Gasteiger partial charge in [0, 0.05) is 18.0 Å². The van der Waals surface area contributed by atoms with E-state index in [1.165, 1.54) is 30.5 Å². The summed E-state index contributed by atoms with van der Waals surface area (Å²) in [7, 11) is 0. The summed E-state index contributed by atoms with van der Waals surface area (Å²) in [5.74, 6) is 0.802. The van der Waals surface area contributed by atoms with Crippen molar-refractivity contribution in [1.29, 1.82) is 0 Å². The topological polar surface area (TPSA) is 37.8 Å². The zero-order chi connectivity index (χ0) is 12.2. The summed E-state index contributed by atoms with van der Waals surface area (Å²) in [5.41, 5.74) is 3.68. The Balaban J connectivity index is 1.72. The molecule has 3 heteroatoms. The zero-order valence-electron chi connectivity index (χ0n) is 10.3. The highest BCUT2D eigenvalue weighted by Gasteiger charge is 2.14. The summed E-state index contributed by atoms with van der Waals surface area (Å²) in [4.78, 5) is 8.09. The van der Waals surface area contributed by atoms with Crippen molar-refractivity contribution >= 4 is 0 Å². The molecule has 1 saturated heterocycles. The Hall–Kier alpha value is -1.74. The first-order valence-electron chi connectivity index (χ1n) is 6.47. The van der Waals surface area contributed by atoms with E-state index in [9.17, 15) is 0 Å². The molecule has 18 heavy (non-hydrogen) atoms. The maximum Gasteiger partial charge on any atom is 0.115 e. The van der Waals surface area contributed by atoms with Crippen LogP contribution in [0.25, 0.3) is 11.1 Å². The fraction of sp³-hybridized carbons (Fsp3) is 0.333. The van der Waals surface area contributed by atoms with Gasteiger partial charge in [0.05, 0.1) is 0 Å². The van der Waals surface area contributed by atoms with Crippen molar-refractivity contribution < 1.29 is 0 Å². The van der Waals surface area contributed by atoms with E-state index in [-0.39, 0.29) is 0 Å². The lowest BCUT2D eigenvalue weighted by molar-refractivity contribution is 0.580. The smallest absolute Gasteiger partial charge is 0.115 e. The minimum absolute atomic E-state index is 0.802. The summed E-state index contributed by atoms with van der Waals surface area (Å²) < 4.78 is 0. The molecule has 1 N–H and O–H groups in total. The minimum atomic E-state index is 0.802. The van der Waals surface area contributed by atoms with Gasteiger partial charge in [-0.05, 0) is 43.0 Å². The van der Waals surface area contributed by atoms with Crippen LogP contribution < -0.4 is 5.32 Å². The van der Waals surface area contributed by atoms with Gasteiger partial charge in [-0.3, -0.25) is 0 Å². The SMILES string of the molecule is c1ncc(-c2ccc(C[C@@H]3CCNC3)cc2)cn1. The maximum atomic E-state index is 4.05. The van der Waals surface area contributed by atoms with Gasteiger partial charge >= 0.3 is 0 Å². The van der Waals surface area contributed by atoms with Crippen LogP contribution in [0, 0.1) is 5.92 Å². The molecule has 1 atom stereocenters. The largest absolute Gasteiger partial charge is 0.316 e. The Bertz CT molecular complexity index is 487. The molecule has 0 bridgehead atoms. The monoisotopic (exact) mass is 239 g/mol. The van der Waals surface area contributed by atoms with Gasteiger partial charge in [0.1, 0.15) is 6.33 Å². The predicted molar refractivity (Wildman–Crippen MR) is 72.1 cm³/mol. The molecule has 1 fully saturated rings. The molecular formula is C15H17N3. The highest BCUT2D eigenvalue weighted by atomic mass is 14.9. The second kappa shape index (κ2) is 5.27. The Morgan fingerprint density at radius 3 is 2.50 bits per heavy atom. The average Bonchev–Trinajstić information content (AvgIpc) is 2.94. The van der Waals surface area contributed by atoms with Gasteiger partial charge in [-0.25, -0.2) is 9.97 Å². The van der Waals surface area contributed by atoms with Gasteiger partial charge in [0.25, 0.3) is 0 Å². The molecule has 1 aliphatic rings. The molecule has 0 saturated carbocycles. The highest BCUT2D eigenvalue weighted by Crippen LogP contribution is 2.20.